The van der Waals surface area contributed by atoms with Crippen molar-refractivity contribution in [3.63, 3.8) is 0 Å². The van der Waals surface area contributed by atoms with E-state index in [0.29, 0.717) is 12.5 Å². The molecule has 1 fully saturated rings. The first-order valence-electron chi connectivity index (χ1n) is 7.30. The summed E-state index contributed by atoms with van der Waals surface area (Å²) < 4.78 is 0. The van der Waals surface area contributed by atoms with Gasteiger partial charge in [-0.1, -0.05) is 26.2 Å². The predicted octanol–water partition coefficient (Wildman–Crippen LogP) is 3.20. The molecule has 0 saturated heterocycles. The third kappa shape index (κ3) is 5.39. The van der Waals surface area contributed by atoms with Crippen molar-refractivity contribution in [1.82, 2.24) is 5.32 Å². The Morgan fingerprint density at radius 3 is 2.41 bits per heavy atom. The summed E-state index contributed by atoms with van der Waals surface area (Å²) in [7, 11) is 0. The van der Waals surface area contributed by atoms with Gasteiger partial charge in [-0.15, -0.1) is 0 Å². The van der Waals surface area contributed by atoms with E-state index in [1.165, 1.54) is 25.7 Å². The Kier molecular flexibility index (Phi) is 5.94. The van der Waals surface area contributed by atoms with Gasteiger partial charge in [0.1, 0.15) is 0 Å². The molecular weight excluding hydrogens is 210 g/mol. The molecule has 0 spiro atoms. The highest BCUT2D eigenvalue weighted by Gasteiger charge is 2.28. The van der Waals surface area contributed by atoms with E-state index in [1.807, 2.05) is 0 Å². The zero-order valence-electron chi connectivity index (χ0n) is 12.1. The fraction of sp³-hybridized carbons (Fsp3) is 1.00. The number of hydrogen-bond donors (Lipinski definition) is 2. The Hall–Kier alpha value is -0.0800. The van der Waals surface area contributed by atoms with Gasteiger partial charge < -0.3 is 10.4 Å². The monoisotopic (exact) mass is 241 g/mol. The van der Waals surface area contributed by atoms with Crippen molar-refractivity contribution in [3.8, 4) is 0 Å². The lowest BCUT2D eigenvalue weighted by Crippen LogP contribution is -2.38. The molecule has 0 aromatic heterocycles. The normalized spacial score (nSPS) is 28.1. The molecule has 0 aliphatic heterocycles. The van der Waals surface area contributed by atoms with Gasteiger partial charge in [0.05, 0.1) is 0 Å². The Morgan fingerprint density at radius 1 is 1.24 bits per heavy atom. The summed E-state index contributed by atoms with van der Waals surface area (Å²) in [6.45, 7) is 10.3. The minimum Gasteiger partial charge on any atom is -0.396 e. The molecule has 17 heavy (non-hydrogen) atoms. The Bertz CT molecular complexity index is 209. The largest absolute Gasteiger partial charge is 0.396 e. The van der Waals surface area contributed by atoms with Gasteiger partial charge in [0, 0.05) is 12.1 Å². The Morgan fingerprint density at radius 2 is 1.88 bits per heavy atom. The second kappa shape index (κ2) is 6.75. The fourth-order valence-electron chi connectivity index (χ4n) is 3.12. The van der Waals surface area contributed by atoms with Gasteiger partial charge in [-0.2, -0.15) is 0 Å². The Balaban J connectivity index is 2.36. The maximum atomic E-state index is 9.60. The first kappa shape index (κ1) is 15.0. The average Bonchev–Trinajstić information content (AvgIpc) is 2.24. The smallest absolute Gasteiger partial charge is 0.0462 e. The highest BCUT2D eigenvalue weighted by molar-refractivity contribution is 4.80. The summed E-state index contributed by atoms with van der Waals surface area (Å²) in [5.74, 6) is 2.05. The van der Waals surface area contributed by atoms with Crippen molar-refractivity contribution >= 4 is 0 Å². The highest BCUT2D eigenvalue weighted by Crippen LogP contribution is 2.36. The van der Waals surface area contributed by atoms with Crippen LogP contribution in [0.1, 0.15) is 59.8 Å². The molecule has 3 atom stereocenters. The van der Waals surface area contributed by atoms with Crippen molar-refractivity contribution in [3.05, 3.63) is 0 Å². The summed E-state index contributed by atoms with van der Waals surface area (Å²) >= 11 is 0. The van der Waals surface area contributed by atoms with Crippen LogP contribution in [0.4, 0.5) is 0 Å². The summed E-state index contributed by atoms with van der Waals surface area (Å²) in [5.41, 5.74) is 0.193. The maximum Gasteiger partial charge on any atom is 0.0462 e. The van der Waals surface area contributed by atoms with Crippen molar-refractivity contribution < 1.29 is 5.11 Å². The number of hydrogen-bond acceptors (Lipinski definition) is 2. The van der Waals surface area contributed by atoms with E-state index < -0.39 is 0 Å². The zero-order valence-corrected chi connectivity index (χ0v) is 12.1. The number of nitrogens with one attached hydrogen (secondary N) is 1. The quantitative estimate of drug-likeness (QED) is 0.775. The molecule has 0 aromatic carbocycles. The number of rotatable bonds is 5. The second-order valence-electron chi connectivity index (χ2n) is 6.83. The van der Waals surface area contributed by atoms with Gasteiger partial charge in [-0.3, -0.25) is 0 Å². The van der Waals surface area contributed by atoms with E-state index >= 15 is 0 Å². The first-order chi connectivity index (χ1) is 7.94. The average molecular weight is 241 g/mol. The van der Waals surface area contributed by atoms with E-state index in [-0.39, 0.29) is 5.54 Å². The topological polar surface area (TPSA) is 32.3 Å². The number of aliphatic hydroxyl groups is 1. The molecule has 1 saturated carbocycles. The zero-order chi connectivity index (χ0) is 12.9. The predicted molar refractivity (Wildman–Crippen MR) is 74.1 cm³/mol. The summed E-state index contributed by atoms with van der Waals surface area (Å²) in [4.78, 5) is 0. The van der Waals surface area contributed by atoms with Crippen LogP contribution in [-0.2, 0) is 0 Å². The van der Waals surface area contributed by atoms with Crippen LogP contribution in [0.2, 0.25) is 0 Å². The van der Waals surface area contributed by atoms with Crippen LogP contribution in [0.3, 0.4) is 0 Å². The van der Waals surface area contributed by atoms with Crippen molar-refractivity contribution in [2.45, 2.75) is 65.3 Å². The molecule has 1 aliphatic rings. The second-order valence-corrected chi connectivity index (χ2v) is 6.83. The van der Waals surface area contributed by atoms with Crippen LogP contribution in [0.15, 0.2) is 0 Å². The molecule has 0 heterocycles. The molecule has 2 heteroatoms. The van der Waals surface area contributed by atoms with Crippen LogP contribution < -0.4 is 5.32 Å². The van der Waals surface area contributed by atoms with Gasteiger partial charge in [-0.05, 0) is 57.9 Å². The third-order valence-electron chi connectivity index (χ3n) is 4.19. The first-order valence-corrected chi connectivity index (χ1v) is 7.30. The molecule has 2 N–H and O–H groups in total. The van der Waals surface area contributed by atoms with Crippen LogP contribution in [0, 0.1) is 17.8 Å². The van der Waals surface area contributed by atoms with E-state index in [2.05, 4.69) is 33.0 Å². The SMILES string of the molecule is CC1CCCCC1C(CO)CCNC(C)(C)C. The van der Waals surface area contributed by atoms with E-state index in [4.69, 9.17) is 0 Å². The summed E-state index contributed by atoms with van der Waals surface area (Å²) in [6.07, 6.45) is 6.53. The maximum absolute atomic E-state index is 9.60. The van der Waals surface area contributed by atoms with Crippen LogP contribution in [-0.4, -0.2) is 23.8 Å². The molecule has 2 nitrogen and oxygen atoms in total. The molecule has 0 aromatic rings. The van der Waals surface area contributed by atoms with Crippen molar-refractivity contribution in [1.29, 1.82) is 0 Å². The molecule has 3 unspecified atom stereocenters. The van der Waals surface area contributed by atoms with Crippen LogP contribution in [0.5, 0.6) is 0 Å². The van der Waals surface area contributed by atoms with Crippen molar-refractivity contribution in [2.24, 2.45) is 17.8 Å². The molecule has 102 valence electrons. The number of aliphatic hydroxyl groups excluding tert-OH is 1. The molecular formula is C15H31NO. The van der Waals surface area contributed by atoms with Crippen LogP contribution >= 0.6 is 0 Å². The van der Waals surface area contributed by atoms with E-state index in [0.717, 1.165) is 24.8 Å². The molecule has 1 aliphatic carbocycles. The van der Waals surface area contributed by atoms with E-state index in [9.17, 15) is 5.11 Å². The highest BCUT2D eigenvalue weighted by atomic mass is 16.3. The van der Waals surface area contributed by atoms with Gasteiger partial charge in [0.25, 0.3) is 0 Å². The molecule has 1 rings (SSSR count). The molecule has 0 amide bonds. The van der Waals surface area contributed by atoms with Crippen molar-refractivity contribution in [2.75, 3.05) is 13.2 Å². The molecule has 0 bridgehead atoms. The minimum absolute atomic E-state index is 0.193. The fourth-order valence-corrected chi connectivity index (χ4v) is 3.12. The Labute approximate surface area is 107 Å². The lowest BCUT2D eigenvalue weighted by molar-refractivity contribution is 0.102. The lowest BCUT2D eigenvalue weighted by atomic mass is 9.72. The van der Waals surface area contributed by atoms with E-state index in [1.54, 1.807) is 0 Å². The summed E-state index contributed by atoms with van der Waals surface area (Å²) in [5, 5.41) is 13.1. The van der Waals surface area contributed by atoms with Gasteiger partial charge in [-0.25, -0.2) is 0 Å². The minimum atomic E-state index is 0.193. The van der Waals surface area contributed by atoms with Gasteiger partial charge in [0.2, 0.25) is 0 Å². The standard InChI is InChI=1S/C15H31NO/c1-12-7-5-6-8-14(12)13(11-17)9-10-16-15(2,3)4/h12-14,16-17H,5-11H2,1-4H3. The lowest BCUT2D eigenvalue weighted by Gasteiger charge is -2.35. The van der Waals surface area contributed by atoms with Crippen LogP contribution in [0.25, 0.3) is 0 Å². The van der Waals surface area contributed by atoms with Gasteiger partial charge >= 0.3 is 0 Å². The third-order valence-corrected chi connectivity index (χ3v) is 4.19. The molecule has 0 radical (unpaired) electrons. The van der Waals surface area contributed by atoms with Gasteiger partial charge in [0.15, 0.2) is 0 Å². The summed E-state index contributed by atoms with van der Waals surface area (Å²) in [6, 6.07) is 0.